The third-order valence-electron chi connectivity index (χ3n) is 6.84. The number of rotatable bonds is 42. The van der Waals surface area contributed by atoms with Crippen LogP contribution in [0.25, 0.3) is 0 Å². The van der Waals surface area contributed by atoms with Gasteiger partial charge in [0.05, 0.1) is 159 Å². The summed E-state index contributed by atoms with van der Waals surface area (Å²) in [5.41, 5.74) is 0. The Bertz CT molecular complexity index is 758. The molecule has 0 spiro atoms. The van der Waals surface area contributed by atoms with E-state index in [2.05, 4.69) is 6.92 Å². The number of carbonyl (C=O) groups excluding carboxylic acids is 2. The van der Waals surface area contributed by atoms with Crippen LogP contribution in [0.1, 0.15) is 39.0 Å². The molecule has 0 atom stereocenters. The molecule has 15 heteroatoms. The van der Waals surface area contributed by atoms with E-state index in [0.29, 0.717) is 145 Å². The predicted octanol–water partition coefficient (Wildman–Crippen LogP) is 2.08. The molecule has 2 amide bonds. The van der Waals surface area contributed by atoms with Crippen LogP contribution in [0.3, 0.4) is 0 Å². The van der Waals surface area contributed by atoms with Gasteiger partial charge in [-0.25, -0.2) is 0 Å². The van der Waals surface area contributed by atoms with E-state index in [1.54, 1.807) is 0 Å². The third kappa shape index (κ3) is 32.3. The lowest BCUT2D eigenvalue weighted by molar-refractivity contribution is -0.137. The lowest BCUT2D eigenvalue weighted by Crippen LogP contribution is -2.33. The summed E-state index contributed by atoms with van der Waals surface area (Å²) >= 11 is 0. The molecule has 0 N–H and O–H groups in total. The van der Waals surface area contributed by atoms with Crippen molar-refractivity contribution in [2.45, 2.75) is 39.0 Å². The number of ether oxygens (including phenoxy) is 12. The van der Waals surface area contributed by atoms with Crippen molar-refractivity contribution in [3.63, 3.8) is 0 Å². The minimum absolute atomic E-state index is 0.240. The summed E-state index contributed by atoms with van der Waals surface area (Å²) in [7, 11) is 0. The summed E-state index contributed by atoms with van der Waals surface area (Å²) in [6.45, 7) is 14.6. The minimum Gasteiger partial charge on any atom is -0.379 e. The van der Waals surface area contributed by atoms with Crippen molar-refractivity contribution in [1.82, 2.24) is 4.90 Å². The molecule has 0 bridgehead atoms. The topological polar surface area (TPSA) is 148 Å². The summed E-state index contributed by atoms with van der Waals surface area (Å²) in [6.07, 6.45) is 8.76. The highest BCUT2D eigenvalue weighted by Gasteiger charge is 2.22. The molecule has 1 aliphatic rings. The zero-order chi connectivity index (χ0) is 35.8. The van der Waals surface area contributed by atoms with Gasteiger partial charge in [-0.15, -0.1) is 0 Å². The molecule has 0 aromatic carbocycles. The highest BCUT2D eigenvalue weighted by atomic mass is 16.6. The van der Waals surface area contributed by atoms with E-state index in [1.165, 1.54) is 37.8 Å². The van der Waals surface area contributed by atoms with Gasteiger partial charge in [-0.1, -0.05) is 32.6 Å². The Morgan fingerprint density at radius 1 is 0.340 bits per heavy atom. The first kappa shape index (κ1) is 46.4. The SMILES string of the molecule is CCCCCCCOCCOCCOCCOCCOCCOCCOCCOCCOCCOCCOCCOCCN1C(=O)C=CC1=O. The molecular formula is C35H65NO14. The number of hydrogen-bond donors (Lipinski definition) is 0. The van der Waals surface area contributed by atoms with E-state index in [0.717, 1.165) is 17.9 Å². The van der Waals surface area contributed by atoms with E-state index in [9.17, 15) is 9.59 Å². The van der Waals surface area contributed by atoms with Gasteiger partial charge in [-0.3, -0.25) is 14.5 Å². The van der Waals surface area contributed by atoms with E-state index in [-0.39, 0.29) is 25.0 Å². The molecule has 0 aromatic heterocycles. The Balaban J connectivity index is 1.61. The summed E-state index contributed by atoms with van der Waals surface area (Å²) in [4.78, 5) is 24.0. The summed E-state index contributed by atoms with van der Waals surface area (Å²) in [6, 6.07) is 0. The fourth-order valence-electron chi connectivity index (χ4n) is 4.14. The maximum atomic E-state index is 11.4. The number of amides is 2. The Labute approximate surface area is 299 Å². The largest absolute Gasteiger partial charge is 0.379 e. The maximum Gasteiger partial charge on any atom is 0.253 e. The number of hydrogen-bond acceptors (Lipinski definition) is 14. The number of imide groups is 1. The van der Waals surface area contributed by atoms with E-state index in [1.807, 2.05) is 0 Å². The van der Waals surface area contributed by atoms with Gasteiger partial charge in [-0.05, 0) is 6.42 Å². The zero-order valence-corrected chi connectivity index (χ0v) is 30.5. The standard InChI is InChI=1S/C35H65NO14/c1-2-3-4-5-6-10-39-12-14-41-16-18-43-20-22-45-24-26-47-28-30-49-32-33-50-31-29-48-27-25-46-23-21-44-19-17-42-15-13-40-11-9-36-34(37)7-8-35(36)38/h7-8H,2-6,9-33H2,1H3. The van der Waals surface area contributed by atoms with Gasteiger partial charge in [0, 0.05) is 18.8 Å². The smallest absolute Gasteiger partial charge is 0.253 e. The normalized spacial score (nSPS) is 13.0. The van der Waals surface area contributed by atoms with Crippen LogP contribution in [0.5, 0.6) is 0 Å². The van der Waals surface area contributed by atoms with Crippen LogP contribution in [0, 0.1) is 0 Å². The summed E-state index contributed by atoms with van der Waals surface area (Å²) in [5, 5.41) is 0. The molecule has 50 heavy (non-hydrogen) atoms. The van der Waals surface area contributed by atoms with Crippen LogP contribution < -0.4 is 0 Å². The molecule has 0 aromatic rings. The average molecular weight is 724 g/mol. The van der Waals surface area contributed by atoms with Crippen molar-refractivity contribution in [2.75, 3.05) is 165 Å². The second kappa shape index (κ2) is 38.6. The predicted molar refractivity (Wildman–Crippen MR) is 184 cm³/mol. The van der Waals surface area contributed by atoms with Crippen LogP contribution in [0.15, 0.2) is 12.2 Å². The van der Waals surface area contributed by atoms with Crippen molar-refractivity contribution in [3.05, 3.63) is 12.2 Å². The van der Waals surface area contributed by atoms with Gasteiger partial charge in [0.15, 0.2) is 0 Å². The molecule has 0 fully saturated rings. The van der Waals surface area contributed by atoms with Crippen LogP contribution in [0.2, 0.25) is 0 Å². The molecule has 1 aliphatic heterocycles. The van der Waals surface area contributed by atoms with E-state index < -0.39 is 0 Å². The number of unbranched alkanes of at least 4 members (excludes halogenated alkanes) is 4. The molecule has 294 valence electrons. The average Bonchev–Trinajstić information content (AvgIpc) is 3.44. The van der Waals surface area contributed by atoms with Crippen molar-refractivity contribution in [1.29, 1.82) is 0 Å². The van der Waals surface area contributed by atoms with Crippen molar-refractivity contribution >= 4 is 11.8 Å². The highest BCUT2D eigenvalue weighted by Crippen LogP contribution is 2.03. The highest BCUT2D eigenvalue weighted by molar-refractivity contribution is 6.12. The molecule has 0 saturated carbocycles. The van der Waals surface area contributed by atoms with Gasteiger partial charge >= 0.3 is 0 Å². The monoisotopic (exact) mass is 723 g/mol. The Morgan fingerprint density at radius 2 is 0.580 bits per heavy atom. The zero-order valence-electron chi connectivity index (χ0n) is 30.5. The first-order valence-electron chi connectivity index (χ1n) is 18.2. The second-order valence-corrected chi connectivity index (χ2v) is 10.9. The molecule has 0 aliphatic carbocycles. The molecular weight excluding hydrogens is 658 g/mol. The van der Waals surface area contributed by atoms with Gasteiger partial charge in [0.1, 0.15) is 0 Å². The van der Waals surface area contributed by atoms with Crippen LogP contribution in [0.4, 0.5) is 0 Å². The molecule has 0 saturated heterocycles. The van der Waals surface area contributed by atoms with Gasteiger partial charge in [0.2, 0.25) is 0 Å². The quantitative estimate of drug-likeness (QED) is 0.0669. The van der Waals surface area contributed by atoms with E-state index >= 15 is 0 Å². The fourth-order valence-corrected chi connectivity index (χ4v) is 4.14. The van der Waals surface area contributed by atoms with Gasteiger partial charge < -0.3 is 56.8 Å². The lowest BCUT2D eigenvalue weighted by Gasteiger charge is -2.13. The molecule has 1 heterocycles. The van der Waals surface area contributed by atoms with Crippen LogP contribution in [-0.4, -0.2) is 182 Å². The molecule has 0 unspecified atom stereocenters. The first-order chi connectivity index (χ1) is 24.8. The van der Waals surface area contributed by atoms with Crippen LogP contribution in [-0.2, 0) is 66.4 Å². The van der Waals surface area contributed by atoms with Crippen molar-refractivity contribution in [3.8, 4) is 0 Å². The Morgan fingerprint density at radius 3 is 0.860 bits per heavy atom. The maximum absolute atomic E-state index is 11.4. The minimum atomic E-state index is -0.306. The number of carbonyl (C=O) groups is 2. The van der Waals surface area contributed by atoms with Gasteiger partial charge in [-0.2, -0.15) is 0 Å². The van der Waals surface area contributed by atoms with Crippen LogP contribution >= 0.6 is 0 Å². The van der Waals surface area contributed by atoms with Gasteiger partial charge in [0.25, 0.3) is 11.8 Å². The lowest BCUT2D eigenvalue weighted by atomic mass is 10.2. The molecule has 1 rings (SSSR count). The summed E-state index contributed by atoms with van der Waals surface area (Å²) < 4.78 is 65.7. The summed E-state index contributed by atoms with van der Waals surface area (Å²) in [5.74, 6) is -0.612. The second-order valence-electron chi connectivity index (χ2n) is 10.9. The molecule has 15 nitrogen and oxygen atoms in total. The Kier molecular flexibility index (Phi) is 35.9. The third-order valence-corrected chi connectivity index (χ3v) is 6.84. The number of nitrogens with zero attached hydrogens (tertiary/aromatic N) is 1. The molecule has 0 radical (unpaired) electrons. The van der Waals surface area contributed by atoms with Crippen molar-refractivity contribution < 1.29 is 66.4 Å². The van der Waals surface area contributed by atoms with Crippen molar-refractivity contribution in [2.24, 2.45) is 0 Å². The Hall–Kier alpha value is -1.60. The van der Waals surface area contributed by atoms with E-state index in [4.69, 9.17) is 56.8 Å². The fraction of sp³-hybridized carbons (Fsp3) is 0.886. The first-order valence-corrected chi connectivity index (χ1v) is 18.2.